The molecule has 124 valence electrons. The molecule has 0 fully saturated rings. The molecule has 3 rings (SSSR count). The van der Waals surface area contributed by atoms with Crippen molar-refractivity contribution in [3.05, 3.63) is 59.5 Å². The van der Waals surface area contributed by atoms with Crippen LogP contribution in [-0.4, -0.2) is 24.0 Å². The Bertz CT molecular complexity index is 855. The first-order chi connectivity index (χ1) is 11.6. The van der Waals surface area contributed by atoms with Crippen LogP contribution in [0, 0.1) is 13.8 Å². The van der Waals surface area contributed by atoms with Crippen molar-refractivity contribution in [2.45, 2.75) is 20.3 Å². The summed E-state index contributed by atoms with van der Waals surface area (Å²) in [5.41, 5.74) is 3.84. The number of amides is 1. The molecule has 3 aromatic rings. The summed E-state index contributed by atoms with van der Waals surface area (Å²) >= 11 is 0. The molecule has 0 bridgehead atoms. The fraction of sp³-hybridized carbons (Fsp3) is 0.263. The van der Waals surface area contributed by atoms with E-state index in [0.29, 0.717) is 18.2 Å². The fourth-order valence-electron chi connectivity index (χ4n) is 2.50. The molecule has 24 heavy (non-hydrogen) atoms. The summed E-state index contributed by atoms with van der Waals surface area (Å²) in [6, 6.07) is 13.5. The number of rotatable bonds is 6. The molecule has 0 saturated heterocycles. The zero-order valence-corrected chi connectivity index (χ0v) is 13.8. The highest BCUT2D eigenvalue weighted by atomic mass is 16.5. The lowest BCUT2D eigenvalue weighted by Crippen LogP contribution is -2.30. The van der Waals surface area contributed by atoms with Crippen LogP contribution in [0.3, 0.4) is 0 Å². The van der Waals surface area contributed by atoms with Crippen LogP contribution in [0.2, 0.25) is 0 Å². The molecule has 0 aliphatic carbocycles. The molecule has 0 atom stereocenters. The van der Waals surface area contributed by atoms with E-state index in [4.69, 9.17) is 9.15 Å². The maximum Gasteiger partial charge on any atom is 0.257 e. The van der Waals surface area contributed by atoms with Crippen LogP contribution in [-0.2, 0) is 11.2 Å². The van der Waals surface area contributed by atoms with Crippen molar-refractivity contribution in [2.24, 2.45) is 0 Å². The maximum absolute atomic E-state index is 11.8. The molecule has 0 unspecified atom stereocenters. The van der Waals surface area contributed by atoms with E-state index in [1.165, 1.54) is 0 Å². The standard InChI is InChI=1S/C19H20N2O3/c1-13-4-3-5-16(10-13)23-12-19(22)20-9-8-15-6-7-18-17(11-15)21-14(2)24-18/h3-7,10-11H,8-9,12H2,1-2H3,(H,20,22). The van der Waals surface area contributed by atoms with E-state index in [2.05, 4.69) is 10.3 Å². The van der Waals surface area contributed by atoms with Crippen LogP contribution in [0.1, 0.15) is 17.0 Å². The molecule has 0 saturated carbocycles. The highest BCUT2D eigenvalue weighted by Crippen LogP contribution is 2.17. The summed E-state index contributed by atoms with van der Waals surface area (Å²) < 4.78 is 10.9. The summed E-state index contributed by atoms with van der Waals surface area (Å²) in [6.45, 7) is 4.39. The lowest BCUT2D eigenvalue weighted by Gasteiger charge is -2.08. The molecule has 0 aliphatic heterocycles. The maximum atomic E-state index is 11.8. The van der Waals surface area contributed by atoms with E-state index in [1.54, 1.807) is 0 Å². The highest BCUT2D eigenvalue weighted by Gasteiger charge is 2.05. The molecule has 0 radical (unpaired) electrons. The molecule has 2 aromatic carbocycles. The van der Waals surface area contributed by atoms with E-state index >= 15 is 0 Å². The molecular weight excluding hydrogens is 304 g/mol. The van der Waals surface area contributed by atoms with E-state index < -0.39 is 0 Å². The number of fused-ring (bicyclic) bond motifs is 1. The van der Waals surface area contributed by atoms with Crippen molar-refractivity contribution in [1.82, 2.24) is 10.3 Å². The van der Waals surface area contributed by atoms with Crippen molar-refractivity contribution in [3.63, 3.8) is 0 Å². The van der Waals surface area contributed by atoms with E-state index in [-0.39, 0.29) is 12.5 Å². The van der Waals surface area contributed by atoms with Crippen molar-refractivity contribution in [3.8, 4) is 5.75 Å². The number of hydrogen-bond acceptors (Lipinski definition) is 4. The van der Waals surface area contributed by atoms with Gasteiger partial charge in [-0.15, -0.1) is 0 Å². The first-order valence-corrected chi connectivity index (χ1v) is 7.92. The molecule has 5 nitrogen and oxygen atoms in total. The summed E-state index contributed by atoms with van der Waals surface area (Å²) in [5.74, 6) is 1.23. The lowest BCUT2D eigenvalue weighted by molar-refractivity contribution is -0.123. The Morgan fingerprint density at radius 3 is 2.92 bits per heavy atom. The number of hydrogen-bond donors (Lipinski definition) is 1. The zero-order valence-electron chi connectivity index (χ0n) is 13.8. The summed E-state index contributed by atoms with van der Waals surface area (Å²) in [5, 5.41) is 2.86. The number of aromatic nitrogens is 1. The Kier molecular flexibility index (Phi) is 4.79. The minimum Gasteiger partial charge on any atom is -0.484 e. The predicted octanol–water partition coefficient (Wildman–Crippen LogP) is 3.18. The molecule has 1 aromatic heterocycles. The Labute approximate surface area is 140 Å². The first kappa shape index (κ1) is 16.1. The smallest absolute Gasteiger partial charge is 0.257 e. The van der Waals surface area contributed by atoms with E-state index in [1.807, 2.05) is 56.3 Å². The number of nitrogens with one attached hydrogen (secondary N) is 1. The topological polar surface area (TPSA) is 64.4 Å². The molecule has 1 N–H and O–H groups in total. The van der Waals surface area contributed by atoms with Crippen LogP contribution in [0.25, 0.3) is 11.1 Å². The van der Waals surface area contributed by atoms with Crippen molar-refractivity contribution in [1.29, 1.82) is 0 Å². The summed E-state index contributed by atoms with van der Waals surface area (Å²) in [4.78, 5) is 16.2. The normalized spacial score (nSPS) is 10.8. The second-order valence-corrected chi connectivity index (χ2v) is 5.74. The minimum atomic E-state index is -0.130. The number of ether oxygens (including phenoxy) is 1. The molecule has 0 aliphatic rings. The van der Waals surface area contributed by atoms with E-state index in [0.717, 1.165) is 28.6 Å². The van der Waals surface area contributed by atoms with Gasteiger partial charge in [-0.1, -0.05) is 18.2 Å². The van der Waals surface area contributed by atoms with Gasteiger partial charge in [-0.25, -0.2) is 4.98 Å². The number of nitrogens with zero attached hydrogens (tertiary/aromatic N) is 1. The summed E-state index contributed by atoms with van der Waals surface area (Å²) in [7, 11) is 0. The Morgan fingerprint density at radius 1 is 1.21 bits per heavy atom. The first-order valence-electron chi connectivity index (χ1n) is 7.92. The Morgan fingerprint density at radius 2 is 2.08 bits per heavy atom. The van der Waals surface area contributed by atoms with Gasteiger partial charge in [0.1, 0.15) is 11.3 Å². The second-order valence-electron chi connectivity index (χ2n) is 5.74. The average molecular weight is 324 g/mol. The average Bonchev–Trinajstić information content (AvgIpc) is 2.92. The summed E-state index contributed by atoms with van der Waals surface area (Å²) in [6.07, 6.45) is 0.734. The largest absolute Gasteiger partial charge is 0.484 e. The lowest BCUT2D eigenvalue weighted by atomic mass is 10.1. The number of carbonyl (C=O) groups excluding carboxylic acids is 1. The Balaban J connectivity index is 1.45. The molecule has 5 heteroatoms. The van der Waals surface area contributed by atoms with Gasteiger partial charge >= 0.3 is 0 Å². The monoisotopic (exact) mass is 324 g/mol. The van der Waals surface area contributed by atoms with Gasteiger partial charge in [-0.3, -0.25) is 4.79 Å². The Hall–Kier alpha value is -2.82. The van der Waals surface area contributed by atoms with Gasteiger partial charge < -0.3 is 14.5 Å². The number of aryl methyl sites for hydroxylation is 2. The number of benzene rings is 2. The molecule has 1 amide bonds. The van der Waals surface area contributed by atoms with Gasteiger partial charge in [0.15, 0.2) is 18.1 Å². The van der Waals surface area contributed by atoms with Crippen molar-refractivity contribution in [2.75, 3.05) is 13.2 Å². The van der Waals surface area contributed by atoms with Crippen LogP contribution >= 0.6 is 0 Å². The van der Waals surface area contributed by atoms with Gasteiger partial charge in [-0.2, -0.15) is 0 Å². The van der Waals surface area contributed by atoms with Gasteiger partial charge in [-0.05, 0) is 48.7 Å². The fourth-order valence-corrected chi connectivity index (χ4v) is 2.50. The quantitative estimate of drug-likeness (QED) is 0.756. The van der Waals surface area contributed by atoms with Crippen molar-refractivity contribution >= 4 is 17.0 Å². The third-order valence-corrected chi connectivity index (χ3v) is 3.65. The van der Waals surface area contributed by atoms with Crippen LogP contribution in [0.4, 0.5) is 0 Å². The predicted molar refractivity (Wildman–Crippen MR) is 92.1 cm³/mol. The zero-order chi connectivity index (χ0) is 16.9. The van der Waals surface area contributed by atoms with Gasteiger partial charge in [0.2, 0.25) is 0 Å². The van der Waals surface area contributed by atoms with Gasteiger partial charge in [0.25, 0.3) is 5.91 Å². The number of carbonyl (C=O) groups is 1. The van der Waals surface area contributed by atoms with Gasteiger partial charge in [0.05, 0.1) is 0 Å². The molecule has 1 heterocycles. The van der Waals surface area contributed by atoms with Crippen LogP contribution < -0.4 is 10.1 Å². The van der Waals surface area contributed by atoms with Gasteiger partial charge in [0, 0.05) is 13.5 Å². The highest BCUT2D eigenvalue weighted by molar-refractivity contribution is 5.77. The SMILES string of the molecule is Cc1cccc(OCC(=O)NCCc2ccc3oc(C)nc3c2)c1. The third-order valence-electron chi connectivity index (χ3n) is 3.65. The van der Waals surface area contributed by atoms with E-state index in [9.17, 15) is 4.79 Å². The molecular formula is C19H20N2O3. The second kappa shape index (κ2) is 7.17. The van der Waals surface area contributed by atoms with Crippen LogP contribution in [0.5, 0.6) is 5.75 Å². The molecule has 0 spiro atoms. The minimum absolute atomic E-state index is 0.0188. The van der Waals surface area contributed by atoms with Crippen LogP contribution in [0.15, 0.2) is 46.9 Å². The third kappa shape index (κ3) is 4.13. The number of oxazole rings is 1. The van der Waals surface area contributed by atoms with Crippen molar-refractivity contribution < 1.29 is 13.9 Å².